The van der Waals surface area contributed by atoms with Crippen molar-refractivity contribution in [2.75, 3.05) is 26.8 Å². The molecule has 1 aliphatic heterocycles. The Balaban J connectivity index is 1.66. The van der Waals surface area contributed by atoms with Crippen molar-refractivity contribution < 1.29 is 14.6 Å². The van der Waals surface area contributed by atoms with Crippen LogP contribution in [0, 0.1) is 25.0 Å². The molecule has 3 N–H and O–H groups in total. The molecular formula is C33H39ClN2O3. The highest BCUT2D eigenvalue weighted by molar-refractivity contribution is 6.31. The second-order valence-corrected chi connectivity index (χ2v) is 11.1. The summed E-state index contributed by atoms with van der Waals surface area (Å²) in [5, 5.41) is 13.2. The van der Waals surface area contributed by atoms with E-state index in [9.17, 15) is 9.90 Å². The fourth-order valence-electron chi connectivity index (χ4n) is 5.71. The quantitative estimate of drug-likeness (QED) is 0.296. The third-order valence-corrected chi connectivity index (χ3v) is 8.20. The first-order chi connectivity index (χ1) is 18.9. The van der Waals surface area contributed by atoms with E-state index in [-0.39, 0.29) is 11.8 Å². The average molecular weight is 547 g/mol. The van der Waals surface area contributed by atoms with Crippen LogP contribution in [0.25, 0.3) is 0 Å². The van der Waals surface area contributed by atoms with Crippen LogP contribution in [0.4, 0.5) is 0 Å². The number of aryl methyl sites for hydroxylation is 1. The molecule has 2 atom stereocenters. The van der Waals surface area contributed by atoms with Crippen LogP contribution in [0.2, 0.25) is 5.02 Å². The highest BCUT2D eigenvalue weighted by Crippen LogP contribution is 2.42. The van der Waals surface area contributed by atoms with E-state index in [2.05, 4.69) is 37.3 Å². The molecule has 0 radical (unpaired) electrons. The number of carbonyl (C=O) groups is 1. The fraction of sp³-hybridized carbons (Fsp3) is 0.424. The summed E-state index contributed by atoms with van der Waals surface area (Å²) >= 11 is 6.78. The molecule has 1 fully saturated rings. The maximum Gasteiger partial charge on any atom is 0.253 e. The first kappa shape index (κ1) is 29.1. The Morgan fingerprint density at radius 3 is 2.72 bits per heavy atom. The number of nitrogens with two attached hydrogens (primary N) is 1. The topological polar surface area (TPSA) is 75.8 Å². The molecule has 39 heavy (non-hydrogen) atoms. The van der Waals surface area contributed by atoms with Crippen LogP contribution in [-0.2, 0) is 23.3 Å². The molecule has 0 bridgehead atoms. The summed E-state index contributed by atoms with van der Waals surface area (Å²) < 4.78 is 5.28. The minimum absolute atomic E-state index is 0.0216. The van der Waals surface area contributed by atoms with Crippen LogP contribution < -0.4 is 5.73 Å². The van der Waals surface area contributed by atoms with Gasteiger partial charge in [-0.2, -0.15) is 0 Å². The number of likely N-dealkylation sites (tertiary alicyclic amines) is 1. The SMILES string of the molecule is COCCCC[C@@](O)(c1c#ccc(Cl)c1Cc1cccc(C)c1)[C@@H]1CCCN(C(=O)c2ccc(CN)cc2)C1. The number of methoxy groups -OCH3 is 1. The van der Waals surface area contributed by atoms with E-state index in [0.717, 1.165) is 42.4 Å². The number of aliphatic hydroxyl groups is 1. The molecule has 3 aromatic rings. The molecule has 0 spiro atoms. The summed E-state index contributed by atoms with van der Waals surface area (Å²) in [6.45, 7) is 4.26. The number of hydrogen-bond donors (Lipinski definition) is 2. The van der Waals surface area contributed by atoms with Gasteiger partial charge in [0.05, 0.1) is 5.02 Å². The van der Waals surface area contributed by atoms with Gasteiger partial charge in [0, 0.05) is 56.5 Å². The van der Waals surface area contributed by atoms with Crippen molar-refractivity contribution >= 4 is 17.5 Å². The Morgan fingerprint density at radius 2 is 2.00 bits per heavy atom. The maximum absolute atomic E-state index is 13.5. The molecule has 206 valence electrons. The molecule has 4 rings (SSSR count). The molecule has 1 heterocycles. The van der Waals surface area contributed by atoms with Crippen molar-refractivity contribution in [1.29, 1.82) is 0 Å². The summed E-state index contributed by atoms with van der Waals surface area (Å²) in [7, 11) is 1.69. The molecule has 0 aliphatic carbocycles. The van der Waals surface area contributed by atoms with E-state index < -0.39 is 5.60 Å². The third kappa shape index (κ3) is 7.01. The van der Waals surface area contributed by atoms with Crippen molar-refractivity contribution in [2.45, 2.75) is 57.6 Å². The van der Waals surface area contributed by atoms with Gasteiger partial charge in [-0.3, -0.25) is 4.79 Å². The van der Waals surface area contributed by atoms with Gasteiger partial charge in [0.15, 0.2) is 0 Å². The number of halogens is 1. The van der Waals surface area contributed by atoms with Crippen LogP contribution >= 0.6 is 11.6 Å². The second kappa shape index (κ2) is 13.5. The van der Waals surface area contributed by atoms with Gasteiger partial charge < -0.3 is 20.5 Å². The third-order valence-electron chi connectivity index (χ3n) is 7.86. The number of piperidine rings is 1. The molecule has 1 aliphatic rings. The van der Waals surface area contributed by atoms with Crippen molar-refractivity contribution in [3.63, 3.8) is 0 Å². The number of amides is 1. The Morgan fingerprint density at radius 1 is 1.21 bits per heavy atom. The van der Waals surface area contributed by atoms with Gasteiger partial charge in [-0.15, -0.1) is 0 Å². The number of unbranched alkanes of at least 4 members (excludes halogenated alkanes) is 1. The number of benzene rings is 2. The second-order valence-electron chi connectivity index (χ2n) is 10.6. The standard InChI is InChI=1S/C33H39ClN2O3/c1-24-8-5-9-26(20-24)21-29-30(11-6-12-31(29)34)33(38,17-3-4-19-39-2)28-10-7-18-36(23-28)32(37)27-15-13-25(22-35)14-16-27/h5,8-9,12-16,20,28,38H,3-4,7,10,17-19,21-23,35H2,1-2H3/t28-,33+/m1/s1. The minimum atomic E-state index is -1.21. The van der Waals surface area contributed by atoms with Crippen LogP contribution in [0.5, 0.6) is 0 Å². The largest absolute Gasteiger partial charge is 0.385 e. The molecular weight excluding hydrogens is 508 g/mol. The highest BCUT2D eigenvalue weighted by atomic mass is 35.5. The molecule has 3 aromatic carbocycles. The van der Waals surface area contributed by atoms with E-state index in [1.54, 1.807) is 13.2 Å². The predicted molar refractivity (Wildman–Crippen MR) is 156 cm³/mol. The zero-order valence-electron chi connectivity index (χ0n) is 23.0. The van der Waals surface area contributed by atoms with E-state index >= 15 is 0 Å². The van der Waals surface area contributed by atoms with Crippen molar-refractivity contribution in [2.24, 2.45) is 11.7 Å². The monoisotopic (exact) mass is 546 g/mol. The molecule has 5 nitrogen and oxygen atoms in total. The van der Waals surface area contributed by atoms with Crippen molar-refractivity contribution in [3.05, 3.63) is 105 Å². The van der Waals surface area contributed by atoms with Crippen LogP contribution in [0.15, 0.2) is 54.6 Å². The van der Waals surface area contributed by atoms with Gasteiger partial charge >= 0.3 is 0 Å². The first-order valence-corrected chi connectivity index (χ1v) is 14.2. The molecule has 0 aromatic heterocycles. The lowest BCUT2D eigenvalue weighted by Gasteiger charge is -2.43. The molecule has 0 saturated carbocycles. The summed E-state index contributed by atoms with van der Waals surface area (Å²) in [6.07, 6.45) is 4.35. The lowest BCUT2D eigenvalue weighted by molar-refractivity contribution is -0.0583. The van der Waals surface area contributed by atoms with Crippen LogP contribution in [-0.4, -0.2) is 42.7 Å². The number of nitrogens with zero attached hydrogens (tertiary/aromatic N) is 1. The number of rotatable bonds is 11. The van der Waals surface area contributed by atoms with E-state index in [1.165, 1.54) is 5.56 Å². The predicted octanol–water partition coefficient (Wildman–Crippen LogP) is 5.86. The highest BCUT2D eigenvalue weighted by Gasteiger charge is 2.43. The molecule has 1 amide bonds. The summed E-state index contributed by atoms with van der Waals surface area (Å²) in [4.78, 5) is 15.3. The van der Waals surface area contributed by atoms with Gasteiger partial charge in [0.1, 0.15) is 5.60 Å². The summed E-state index contributed by atoms with van der Waals surface area (Å²) in [5.41, 5.74) is 10.0. The average Bonchev–Trinajstić information content (AvgIpc) is 2.96. The molecule has 1 saturated heterocycles. The van der Waals surface area contributed by atoms with E-state index in [0.29, 0.717) is 55.2 Å². The number of hydrogen-bond acceptors (Lipinski definition) is 4. The summed E-state index contributed by atoms with van der Waals surface area (Å²) in [6, 6.07) is 23.9. The normalized spacial score (nSPS) is 16.9. The van der Waals surface area contributed by atoms with Gasteiger partial charge in [0.2, 0.25) is 0 Å². The van der Waals surface area contributed by atoms with Crippen molar-refractivity contribution in [3.8, 4) is 0 Å². The fourth-order valence-corrected chi connectivity index (χ4v) is 5.93. The first-order valence-electron chi connectivity index (χ1n) is 13.8. The smallest absolute Gasteiger partial charge is 0.253 e. The van der Waals surface area contributed by atoms with E-state index in [4.69, 9.17) is 22.1 Å². The van der Waals surface area contributed by atoms with Gasteiger partial charge in [0.25, 0.3) is 5.91 Å². The molecule has 6 heteroatoms. The maximum atomic E-state index is 13.5. The Labute approximate surface area is 237 Å². The zero-order valence-corrected chi connectivity index (χ0v) is 23.8. The van der Waals surface area contributed by atoms with Crippen molar-refractivity contribution in [1.82, 2.24) is 4.90 Å². The summed E-state index contributed by atoms with van der Waals surface area (Å²) in [5.74, 6) is -0.188. The minimum Gasteiger partial charge on any atom is -0.385 e. The van der Waals surface area contributed by atoms with Gasteiger partial charge in [-0.1, -0.05) is 65.7 Å². The Hall–Kier alpha value is -2.88. The van der Waals surface area contributed by atoms with E-state index in [1.807, 2.05) is 35.2 Å². The van der Waals surface area contributed by atoms with Gasteiger partial charge in [-0.25, -0.2) is 0 Å². The zero-order chi connectivity index (χ0) is 27.8. The van der Waals surface area contributed by atoms with Crippen LogP contribution in [0.1, 0.15) is 70.3 Å². The number of ether oxygens (including phenoxy) is 1. The lowest BCUT2D eigenvalue weighted by atomic mass is 9.72. The number of carbonyl (C=O) groups excluding carboxylic acids is 1. The Kier molecular flexibility index (Phi) is 10.0. The molecule has 0 unspecified atom stereocenters. The Bertz CT molecular complexity index is 1250. The lowest BCUT2D eigenvalue weighted by Crippen LogP contribution is -2.48. The van der Waals surface area contributed by atoms with Crippen LogP contribution in [0.3, 0.4) is 0 Å². The van der Waals surface area contributed by atoms with Gasteiger partial charge in [-0.05, 0) is 74.3 Å².